The molecule has 27 heavy (non-hydrogen) atoms. The Labute approximate surface area is 157 Å². The SMILES string of the molecule is COc1ccc(CNC(=O)[C@H](C)OC(=O)c2ccc(C)cc2O)cc1OC. The van der Waals surface area contributed by atoms with Crippen LogP contribution in [0.5, 0.6) is 17.2 Å². The van der Waals surface area contributed by atoms with E-state index in [0.29, 0.717) is 11.5 Å². The van der Waals surface area contributed by atoms with E-state index in [1.807, 2.05) is 0 Å². The summed E-state index contributed by atoms with van der Waals surface area (Å²) in [5.41, 5.74) is 1.63. The van der Waals surface area contributed by atoms with E-state index >= 15 is 0 Å². The minimum absolute atomic E-state index is 0.0140. The molecule has 0 unspecified atom stereocenters. The lowest BCUT2D eigenvalue weighted by Gasteiger charge is -2.15. The summed E-state index contributed by atoms with van der Waals surface area (Å²) < 4.78 is 15.5. The number of aryl methyl sites for hydroxylation is 1. The highest BCUT2D eigenvalue weighted by atomic mass is 16.5. The Balaban J connectivity index is 1.94. The van der Waals surface area contributed by atoms with Crippen molar-refractivity contribution in [3.05, 3.63) is 53.1 Å². The summed E-state index contributed by atoms with van der Waals surface area (Å²) in [7, 11) is 3.07. The normalized spacial score (nSPS) is 11.4. The number of rotatable bonds is 7. The summed E-state index contributed by atoms with van der Waals surface area (Å²) in [4.78, 5) is 24.3. The number of carbonyl (C=O) groups excluding carboxylic acids is 2. The zero-order valence-electron chi connectivity index (χ0n) is 15.7. The van der Waals surface area contributed by atoms with Gasteiger partial charge >= 0.3 is 5.97 Å². The molecule has 0 saturated heterocycles. The number of ether oxygens (including phenoxy) is 3. The fourth-order valence-electron chi connectivity index (χ4n) is 2.42. The lowest BCUT2D eigenvalue weighted by molar-refractivity contribution is -0.129. The van der Waals surface area contributed by atoms with E-state index in [-0.39, 0.29) is 17.9 Å². The zero-order valence-corrected chi connectivity index (χ0v) is 15.7. The van der Waals surface area contributed by atoms with E-state index in [0.717, 1.165) is 11.1 Å². The average Bonchev–Trinajstić information content (AvgIpc) is 2.65. The monoisotopic (exact) mass is 373 g/mol. The highest BCUT2D eigenvalue weighted by Gasteiger charge is 2.21. The summed E-state index contributed by atoms with van der Waals surface area (Å²) in [5.74, 6) is -0.254. The van der Waals surface area contributed by atoms with E-state index in [1.165, 1.54) is 26.2 Å². The molecule has 0 bridgehead atoms. The van der Waals surface area contributed by atoms with Gasteiger partial charge in [0, 0.05) is 6.54 Å². The predicted octanol–water partition coefficient (Wildman–Crippen LogP) is 2.58. The van der Waals surface area contributed by atoms with Crippen LogP contribution in [0.3, 0.4) is 0 Å². The molecule has 2 rings (SSSR count). The van der Waals surface area contributed by atoms with E-state index in [1.54, 1.807) is 38.3 Å². The molecule has 0 aliphatic rings. The molecule has 2 aromatic rings. The number of methoxy groups -OCH3 is 2. The molecule has 0 radical (unpaired) electrons. The van der Waals surface area contributed by atoms with Crippen LogP contribution in [0.15, 0.2) is 36.4 Å². The summed E-state index contributed by atoms with van der Waals surface area (Å²) >= 11 is 0. The first-order valence-corrected chi connectivity index (χ1v) is 8.35. The quantitative estimate of drug-likeness (QED) is 0.725. The van der Waals surface area contributed by atoms with Gasteiger partial charge in [-0.1, -0.05) is 12.1 Å². The van der Waals surface area contributed by atoms with Crippen LogP contribution in [0.1, 0.15) is 28.4 Å². The second-order valence-corrected chi connectivity index (χ2v) is 5.98. The number of amides is 1. The van der Waals surface area contributed by atoms with Gasteiger partial charge in [0.25, 0.3) is 5.91 Å². The van der Waals surface area contributed by atoms with Gasteiger partial charge in [0.15, 0.2) is 17.6 Å². The largest absolute Gasteiger partial charge is 0.507 e. The Morgan fingerprint density at radius 3 is 2.41 bits per heavy atom. The van der Waals surface area contributed by atoms with Crippen molar-refractivity contribution < 1.29 is 28.9 Å². The second kappa shape index (κ2) is 8.93. The van der Waals surface area contributed by atoms with Gasteiger partial charge in [0.05, 0.1) is 14.2 Å². The van der Waals surface area contributed by atoms with Crippen LogP contribution in [0.2, 0.25) is 0 Å². The van der Waals surface area contributed by atoms with Crippen molar-refractivity contribution in [3.63, 3.8) is 0 Å². The summed E-state index contributed by atoms with van der Waals surface area (Å²) in [6.45, 7) is 3.49. The van der Waals surface area contributed by atoms with Gasteiger partial charge in [-0.3, -0.25) is 4.79 Å². The fourth-order valence-corrected chi connectivity index (χ4v) is 2.42. The van der Waals surface area contributed by atoms with Crippen molar-refractivity contribution >= 4 is 11.9 Å². The number of aromatic hydroxyl groups is 1. The van der Waals surface area contributed by atoms with Gasteiger partial charge in [-0.2, -0.15) is 0 Å². The minimum Gasteiger partial charge on any atom is -0.507 e. The van der Waals surface area contributed by atoms with Gasteiger partial charge in [0.2, 0.25) is 0 Å². The summed E-state index contributed by atoms with van der Waals surface area (Å²) in [6, 6.07) is 9.88. The van der Waals surface area contributed by atoms with Gasteiger partial charge in [-0.05, 0) is 49.2 Å². The molecule has 7 heteroatoms. The van der Waals surface area contributed by atoms with E-state index in [9.17, 15) is 14.7 Å². The molecule has 0 aliphatic heterocycles. The van der Waals surface area contributed by atoms with Crippen molar-refractivity contribution in [1.29, 1.82) is 0 Å². The maximum Gasteiger partial charge on any atom is 0.342 e. The number of hydrogen-bond acceptors (Lipinski definition) is 6. The number of benzene rings is 2. The van der Waals surface area contributed by atoms with Crippen molar-refractivity contribution in [2.75, 3.05) is 14.2 Å². The lowest BCUT2D eigenvalue weighted by Crippen LogP contribution is -2.35. The summed E-state index contributed by atoms with van der Waals surface area (Å²) in [6.07, 6.45) is -1.02. The Morgan fingerprint density at radius 1 is 1.07 bits per heavy atom. The van der Waals surface area contributed by atoms with E-state index < -0.39 is 18.0 Å². The van der Waals surface area contributed by atoms with Gasteiger partial charge in [0.1, 0.15) is 11.3 Å². The first-order valence-electron chi connectivity index (χ1n) is 8.35. The molecule has 2 aromatic carbocycles. The molecule has 0 fully saturated rings. The molecule has 144 valence electrons. The van der Waals surface area contributed by atoms with Crippen molar-refractivity contribution in [1.82, 2.24) is 5.32 Å². The number of carbonyl (C=O) groups is 2. The molecule has 0 aromatic heterocycles. The highest BCUT2D eigenvalue weighted by molar-refractivity contribution is 5.94. The van der Waals surface area contributed by atoms with Gasteiger partial charge in [-0.25, -0.2) is 4.79 Å². The van der Waals surface area contributed by atoms with Crippen LogP contribution < -0.4 is 14.8 Å². The highest BCUT2D eigenvalue weighted by Crippen LogP contribution is 2.27. The smallest absolute Gasteiger partial charge is 0.342 e. The standard InChI is InChI=1S/C20H23NO6/c1-12-5-7-15(16(22)9-12)20(24)27-13(2)19(23)21-11-14-6-8-17(25-3)18(10-14)26-4/h5-10,13,22H,11H2,1-4H3,(H,21,23)/t13-/m0/s1. The molecule has 1 amide bonds. The Bertz CT molecular complexity index is 833. The number of phenols is 1. The van der Waals surface area contributed by atoms with E-state index in [2.05, 4.69) is 5.32 Å². The molecule has 1 atom stereocenters. The van der Waals surface area contributed by atoms with E-state index in [4.69, 9.17) is 14.2 Å². The number of esters is 1. The Kier molecular flexibility index (Phi) is 6.65. The van der Waals surface area contributed by atoms with Crippen LogP contribution in [-0.4, -0.2) is 37.3 Å². The maximum atomic E-state index is 12.2. The molecule has 0 heterocycles. The third-order valence-electron chi connectivity index (χ3n) is 3.94. The lowest BCUT2D eigenvalue weighted by atomic mass is 10.1. The number of phenolic OH excluding ortho intramolecular Hbond substituents is 1. The van der Waals surface area contributed by atoms with Crippen LogP contribution in [0, 0.1) is 6.92 Å². The summed E-state index contributed by atoms with van der Waals surface area (Å²) in [5, 5.41) is 12.5. The average molecular weight is 373 g/mol. The Hall–Kier alpha value is -3.22. The number of hydrogen-bond donors (Lipinski definition) is 2. The fraction of sp³-hybridized carbons (Fsp3) is 0.300. The molecule has 0 aliphatic carbocycles. The first-order chi connectivity index (χ1) is 12.8. The van der Waals surface area contributed by atoms with Crippen molar-refractivity contribution in [2.45, 2.75) is 26.5 Å². The van der Waals surface area contributed by atoms with Crippen LogP contribution >= 0.6 is 0 Å². The molecule has 7 nitrogen and oxygen atoms in total. The first kappa shape index (κ1) is 20.1. The van der Waals surface area contributed by atoms with Gasteiger partial charge in [-0.15, -0.1) is 0 Å². The third kappa shape index (κ3) is 5.13. The molecule has 0 spiro atoms. The number of nitrogens with one attached hydrogen (secondary N) is 1. The maximum absolute atomic E-state index is 12.2. The third-order valence-corrected chi connectivity index (χ3v) is 3.94. The molecule has 0 saturated carbocycles. The minimum atomic E-state index is -1.02. The topological polar surface area (TPSA) is 94.1 Å². The van der Waals surface area contributed by atoms with Crippen LogP contribution in [-0.2, 0) is 16.1 Å². The predicted molar refractivity (Wildman–Crippen MR) is 99.1 cm³/mol. The van der Waals surface area contributed by atoms with Gasteiger partial charge < -0.3 is 24.6 Å². The van der Waals surface area contributed by atoms with Crippen molar-refractivity contribution in [2.24, 2.45) is 0 Å². The molecular weight excluding hydrogens is 350 g/mol. The second-order valence-electron chi connectivity index (χ2n) is 5.98. The van der Waals surface area contributed by atoms with Crippen LogP contribution in [0.4, 0.5) is 0 Å². The molecule has 2 N–H and O–H groups in total. The Morgan fingerprint density at radius 2 is 1.78 bits per heavy atom. The van der Waals surface area contributed by atoms with Crippen molar-refractivity contribution in [3.8, 4) is 17.2 Å². The zero-order chi connectivity index (χ0) is 20.0. The molecular formula is C20H23NO6. The van der Waals surface area contributed by atoms with Crippen LogP contribution in [0.25, 0.3) is 0 Å².